The molecule has 1 heterocycles. The SMILES string of the molecule is CCc1cccc(NC(=O)c2csc(C(C)N)n2)c1. The number of thiazole rings is 1. The van der Waals surface area contributed by atoms with Crippen LogP contribution in [-0.2, 0) is 6.42 Å². The van der Waals surface area contributed by atoms with E-state index in [4.69, 9.17) is 5.73 Å². The minimum absolute atomic E-state index is 0.144. The van der Waals surface area contributed by atoms with E-state index >= 15 is 0 Å². The van der Waals surface area contributed by atoms with E-state index in [2.05, 4.69) is 17.2 Å². The van der Waals surface area contributed by atoms with Gasteiger partial charge in [0.1, 0.15) is 10.7 Å². The minimum Gasteiger partial charge on any atom is -0.322 e. The number of hydrogen-bond donors (Lipinski definition) is 2. The molecule has 19 heavy (non-hydrogen) atoms. The zero-order chi connectivity index (χ0) is 13.8. The van der Waals surface area contributed by atoms with Crippen molar-refractivity contribution in [3.8, 4) is 0 Å². The summed E-state index contributed by atoms with van der Waals surface area (Å²) in [7, 11) is 0. The number of benzene rings is 1. The van der Waals surface area contributed by atoms with Gasteiger partial charge < -0.3 is 11.1 Å². The second kappa shape index (κ2) is 5.95. The maximum absolute atomic E-state index is 12.0. The molecule has 0 saturated carbocycles. The van der Waals surface area contributed by atoms with Crippen LogP contribution in [0, 0.1) is 0 Å². The summed E-state index contributed by atoms with van der Waals surface area (Å²) in [6, 6.07) is 7.66. The average Bonchev–Trinajstić information content (AvgIpc) is 2.89. The second-order valence-electron chi connectivity index (χ2n) is 4.37. The minimum atomic E-state index is -0.198. The number of carbonyl (C=O) groups excluding carboxylic acids is 1. The molecular weight excluding hydrogens is 258 g/mol. The fourth-order valence-electron chi connectivity index (χ4n) is 1.67. The zero-order valence-corrected chi connectivity index (χ0v) is 11.8. The first-order chi connectivity index (χ1) is 9.10. The summed E-state index contributed by atoms with van der Waals surface area (Å²) in [4.78, 5) is 16.3. The van der Waals surface area contributed by atoms with Crippen LogP contribution in [0.1, 0.15) is 40.9 Å². The molecule has 0 radical (unpaired) electrons. The normalized spacial score (nSPS) is 12.2. The first kappa shape index (κ1) is 13.7. The van der Waals surface area contributed by atoms with E-state index in [-0.39, 0.29) is 11.9 Å². The molecule has 0 aliphatic heterocycles. The Morgan fingerprint density at radius 3 is 2.95 bits per heavy atom. The van der Waals surface area contributed by atoms with Crippen LogP contribution in [0.4, 0.5) is 5.69 Å². The van der Waals surface area contributed by atoms with Crippen LogP contribution in [0.25, 0.3) is 0 Å². The Labute approximate surface area is 116 Å². The van der Waals surface area contributed by atoms with Gasteiger partial charge in [-0.25, -0.2) is 4.98 Å². The largest absolute Gasteiger partial charge is 0.322 e. The van der Waals surface area contributed by atoms with Crippen LogP contribution in [0.5, 0.6) is 0 Å². The highest BCUT2D eigenvalue weighted by molar-refractivity contribution is 7.09. The number of aryl methyl sites for hydroxylation is 1. The van der Waals surface area contributed by atoms with E-state index in [1.54, 1.807) is 5.38 Å². The van der Waals surface area contributed by atoms with E-state index in [1.165, 1.54) is 16.9 Å². The first-order valence-corrected chi connectivity index (χ1v) is 7.09. The molecule has 1 amide bonds. The van der Waals surface area contributed by atoms with Gasteiger partial charge in [-0.1, -0.05) is 19.1 Å². The summed E-state index contributed by atoms with van der Waals surface area (Å²) < 4.78 is 0. The van der Waals surface area contributed by atoms with Crippen molar-refractivity contribution < 1.29 is 4.79 Å². The number of amides is 1. The highest BCUT2D eigenvalue weighted by Gasteiger charge is 2.12. The number of rotatable bonds is 4. The summed E-state index contributed by atoms with van der Waals surface area (Å²) >= 11 is 1.41. The quantitative estimate of drug-likeness (QED) is 0.901. The van der Waals surface area contributed by atoms with Crippen LogP contribution in [0.3, 0.4) is 0 Å². The van der Waals surface area contributed by atoms with Gasteiger partial charge in [0, 0.05) is 11.1 Å². The Balaban J connectivity index is 2.11. The fraction of sp³-hybridized carbons (Fsp3) is 0.286. The van der Waals surface area contributed by atoms with Gasteiger partial charge in [-0.3, -0.25) is 4.79 Å². The van der Waals surface area contributed by atoms with Gasteiger partial charge >= 0.3 is 0 Å². The van der Waals surface area contributed by atoms with Gasteiger partial charge in [-0.15, -0.1) is 11.3 Å². The number of aromatic nitrogens is 1. The molecule has 2 aromatic rings. The number of carbonyl (C=O) groups is 1. The highest BCUT2D eigenvalue weighted by Crippen LogP contribution is 2.17. The molecule has 0 aliphatic carbocycles. The molecule has 1 aromatic heterocycles. The van der Waals surface area contributed by atoms with Gasteiger partial charge in [0.05, 0.1) is 6.04 Å². The Morgan fingerprint density at radius 2 is 2.32 bits per heavy atom. The zero-order valence-electron chi connectivity index (χ0n) is 11.0. The third-order valence-electron chi connectivity index (χ3n) is 2.74. The van der Waals surface area contributed by atoms with Crippen molar-refractivity contribution >= 4 is 22.9 Å². The third kappa shape index (κ3) is 3.39. The Morgan fingerprint density at radius 1 is 1.53 bits per heavy atom. The number of anilines is 1. The lowest BCUT2D eigenvalue weighted by Gasteiger charge is -2.05. The summed E-state index contributed by atoms with van der Waals surface area (Å²) in [5.41, 5.74) is 8.13. The van der Waals surface area contributed by atoms with E-state index in [0.717, 1.165) is 17.1 Å². The Kier molecular flexibility index (Phi) is 4.29. The van der Waals surface area contributed by atoms with E-state index in [9.17, 15) is 4.79 Å². The van der Waals surface area contributed by atoms with Crippen LogP contribution in [0.15, 0.2) is 29.6 Å². The lowest BCUT2D eigenvalue weighted by molar-refractivity contribution is 0.102. The third-order valence-corrected chi connectivity index (χ3v) is 3.78. The summed E-state index contributed by atoms with van der Waals surface area (Å²) in [6.07, 6.45) is 0.940. The van der Waals surface area contributed by atoms with Crippen LogP contribution in [-0.4, -0.2) is 10.9 Å². The van der Waals surface area contributed by atoms with Gasteiger partial charge in [-0.2, -0.15) is 0 Å². The molecular formula is C14H17N3OS. The maximum atomic E-state index is 12.0. The van der Waals surface area contributed by atoms with E-state index in [0.29, 0.717) is 5.69 Å². The van der Waals surface area contributed by atoms with Crippen molar-refractivity contribution in [2.75, 3.05) is 5.32 Å². The van der Waals surface area contributed by atoms with Crippen LogP contribution < -0.4 is 11.1 Å². The summed E-state index contributed by atoms with van der Waals surface area (Å²) in [5.74, 6) is -0.198. The summed E-state index contributed by atoms with van der Waals surface area (Å²) in [5, 5.41) is 5.35. The molecule has 1 atom stereocenters. The van der Waals surface area contributed by atoms with Gasteiger partial charge in [0.15, 0.2) is 0 Å². The molecule has 4 nitrogen and oxygen atoms in total. The Bertz CT molecular complexity index is 578. The van der Waals surface area contributed by atoms with E-state index < -0.39 is 0 Å². The molecule has 1 unspecified atom stereocenters. The molecule has 3 N–H and O–H groups in total. The number of nitrogens with two attached hydrogens (primary N) is 1. The van der Waals surface area contributed by atoms with Crippen molar-refractivity contribution in [2.45, 2.75) is 26.3 Å². The fourth-order valence-corrected chi connectivity index (χ4v) is 2.42. The standard InChI is InChI=1S/C14H17N3OS/c1-3-10-5-4-6-11(7-10)16-13(18)12-8-19-14(17-12)9(2)15/h4-9H,3,15H2,1-2H3,(H,16,18). The number of nitrogens with one attached hydrogen (secondary N) is 1. The molecule has 0 spiro atoms. The van der Waals surface area contributed by atoms with Gasteiger partial charge in [0.25, 0.3) is 5.91 Å². The molecule has 5 heteroatoms. The van der Waals surface area contributed by atoms with Crippen LogP contribution in [0.2, 0.25) is 0 Å². The predicted molar refractivity (Wildman–Crippen MR) is 78.5 cm³/mol. The van der Waals surface area contributed by atoms with Crippen molar-refractivity contribution in [2.24, 2.45) is 5.73 Å². The predicted octanol–water partition coefficient (Wildman–Crippen LogP) is 2.98. The summed E-state index contributed by atoms with van der Waals surface area (Å²) in [6.45, 7) is 3.93. The van der Waals surface area contributed by atoms with Crippen molar-refractivity contribution in [3.05, 3.63) is 45.9 Å². The maximum Gasteiger partial charge on any atom is 0.275 e. The Hall–Kier alpha value is -1.72. The van der Waals surface area contributed by atoms with Crippen LogP contribution >= 0.6 is 11.3 Å². The van der Waals surface area contributed by atoms with Crippen molar-refractivity contribution in [3.63, 3.8) is 0 Å². The molecule has 2 rings (SSSR count). The van der Waals surface area contributed by atoms with Gasteiger partial charge in [-0.05, 0) is 31.0 Å². The highest BCUT2D eigenvalue weighted by atomic mass is 32.1. The molecule has 100 valence electrons. The second-order valence-corrected chi connectivity index (χ2v) is 5.26. The average molecular weight is 275 g/mol. The van der Waals surface area contributed by atoms with Crippen molar-refractivity contribution in [1.82, 2.24) is 4.98 Å². The number of hydrogen-bond acceptors (Lipinski definition) is 4. The van der Waals surface area contributed by atoms with E-state index in [1.807, 2.05) is 31.2 Å². The lowest BCUT2D eigenvalue weighted by atomic mass is 10.1. The molecule has 0 bridgehead atoms. The molecule has 0 fully saturated rings. The van der Waals surface area contributed by atoms with Crippen molar-refractivity contribution in [1.29, 1.82) is 0 Å². The lowest BCUT2D eigenvalue weighted by Crippen LogP contribution is -2.13. The van der Waals surface area contributed by atoms with Gasteiger partial charge in [0.2, 0.25) is 0 Å². The topological polar surface area (TPSA) is 68.0 Å². The first-order valence-electron chi connectivity index (χ1n) is 6.21. The molecule has 1 aromatic carbocycles. The monoisotopic (exact) mass is 275 g/mol. The molecule has 0 saturated heterocycles. The smallest absolute Gasteiger partial charge is 0.275 e. The molecule has 0 aliphatic rings. The number of nitrogens with zero attached hydrogens (tertiary/aromatic N) is 1.